The van der Waals surface area contributed by atoms with Crippen molar-refractivity contribution in [1.82, 2.24) is 52.8 Å². The summed E-state index contributed by atoms with van der Waals surface area (Å²) in [5.41, 5.74) is 6.28. The van der Waals surface area contributed by atoms with E-state index >= 15 is 0 Å². The van der Waals surface area contributed by atoms with E-state index in [2.05, 4.69) is 52.8 Å². The van der Waals surface area contributed by atoms with Gasteiger partial charge in [-0.1, -0.05) is 60.7 Å². The first-order chi connectivity index (χ1) is 40.7. The largest absolute Gasteiger partial charge is 0.508 e. The van der Waals surface area contributed by atoms with Crippen LogP contribution in [0.2, 0.25) is 0 Å². The molecule has 2 heterocycles. The van der Waals surface area contributed by atoms with Gasteiger partial charge in [0.2, 0.25) is 53.2 Å². The SMILES string of the molecule is CC(C)(C)OC(=O)C[C@H](NC(=O)[C@@H]1CCCCNC(=O)CCCC(=O)NCCCC[C@H](NC(=O)[C@H](Cc2ccc(O)cc2)NC(=O)OC(C)(C)C)C(=O)NCC(=O)N[C@@H](Cc2c[nH]c3ccccc23)C(=O)N1)C(=O)N[C@@H](Cc1ccccc1)C(N)=O. The predicted octanol–water partition coefficient (Wildman–Crippen LogP) is 2.31. The number of carbonyl (C=O) groups excluding carboxylic acids is 11. The molecule has 4 aromatic rings. The second kappa shape index (κ2) is 32.9. The molecular weight excluding hydrogens is 1110 g/mol. The zero-order valence-corrected chi connectivity index (χ0v) is 49.7. The second-order valence-corrected chi connectivity index (χ2v) is 23.1. The van der Waals surface area contributed by atoms with E-state index in [9.17, 15) is 57.8 Å². The van der Waals surface area contributed by atoms with Gasteiger partial charge in [-0.05, 0) is 121 Å². The van der Waals surface area contributed by atoms with Crippen molar-refractivity contribution in [3.05, 3.63) is 102 Å². The lowest BCUT2D eigenvalue weighted by atomic mass is 10.0. The average Bonchev–Trinajstić information content (AvgIpc) is 2.98. The van der Waals surface area contributed by atoms with E-state index in [1.54, 1.807) is 108 Å². The molecule has 10 amide bonds. The Hall–Kier alpha value is -9.03. The van der Waals surface area contributed by atoms with Crippen molar-refractivity contribution >= 4 is 76.1 Å². The number of ether oxygens (including phenoxy) is 2. The molecule has 13 N–H and O–H groups in total. The highest BCUT2D eigenvalue weighted by Crippen LogP contribution is 2.20. The molecule has 0 radical (unpaired) electrons. The van der Waals surface area contributed by atoms with E-state index in [0.717, 1.165) is 0 Å². The molecule has 0 aliphatic carbocycles. The molecule has 25 nitrogen and oxygen atoms in total. The molecule has 1 aliphatic rings. The Kier molecular flexibility index (Phi) is 25.9. The number of aromatic nitrogens is 1. The van der Waals surface area contributed by atoms with Crippen molar-refractivity contribution in [1.29, 1.82) is 0 Å². The van der Waals surface area contributed by atoms with Crippen molar-refractivity contribution in [3.63, 3.8) is 0 Å². The van der Waals surface area contributed by atoms with Crippen LogP contribution in [0, 0.1) is 0 Å². The van der Waals surface area contributed by atoms with Crippen LogP contribution in [0.5, 0.6) is 5.75 Å². The third kappa shape index (κ3) is 24.3. The number of phenols is 1. The molecule has 466 valence electrons. The molecule has 0 saturated carbocycles. The second-order valence-electron chi connectivity index (χ2n) is 23.1. The molecule has 5 rings (SSSR count). The Bertz CT molecular complexity index is 2990. The number of amides is 10. The maximum absolute atomic E-state index is 14.8. The number of hydrogen-bond donors (Lipinski definition) is 12. The lowest BCUT2D eigenvalue weighted by molar-refractivity contribution is -0.156. The highest BCUT2D eigenvalue weighted by atomic mass is 16.6. The van der Waals surface area contributed by atoms with E-state index in [4.69, 9.17) is 15.2 Å². The Labute approximate surface area is 499 Å². The van der Waals surface area contributed by atoms with E-state index < -0.39 is 114 Å². The normalized spacial score (nSPS) is 18.7. The quantitative estimate of drug-likeness (QED) is 0.0717. The number of nitrogens with one attached hydrogen (secondary N) is 10. The molecule has 25 heteroatoms. The van der Waals surface area contributed by atoms with Crippen LogP contribution in [0.1, 0.15) is 122 Å². The van der Waals surface area contributed by atoms with Gasteiger partial charge in [0.05, 0.1) is 13.0 Å². The molecule has 1 aromatic heterocycles. The van der Waals surface area contributed by atoms with E-state index in [0.29, 0.717) is 40.4 Å². The zero-order valence-electron chi connectivity index (χ0n) is 49.7. The maximum Gasteiger partial charge on any atom is 0.408 e. The number of para-hydroxylation sites is 1. The number of H-pyrrole nitrogens is 1. The predicted molar refractivity (Wildman–Crippen MR) is 317 cm³/mol. The third-order valence-corrected chi connectivity index (χ3v) is 13.5. The summed E-state index contributed by atoms with van der Waals surface area (Å²) in [6, 6.07) is 13.3. The minimum atomic E-state index is -1.68. The smallest absolute Gasteiger partial charge is 0.408 e. The van der Waals surface area contributed by atoms with Gasteiger partial charge in [-0.3, -0.25) is 47.9 Å². The number of alkyl carbamates (subject to hydrolysis) is 1. The van der Waals surface area contributed by atoms with Crippen LogP contribution in [0.15, 0.2) is 85.1 Å². The number of aromatic hydroxyl groups is 1. The topological polar surface area (TPSA) is 377 Å². The summed E-state index contributed by atoms with van der Waals surface area (Å²) < 4.78 is 11.0. The zero-order chi connectivity index (χ0) is 63.0. The summed E-state index contributed by atoms with van der Waals surface area (Å²) in [7, 11) is 0. The molecule has 0 bridgehead atoms. The van der Waals surface area contributed by atoms with Crippen molar-refractivity contribution < 1.29 is 67.3 Å². The molecule has 0 unspecified atom stereocenters. The maximum atomic E-state index is 14.8. The standard InChI is InChI=1S/C61H83N11O14/c1-60(2,3)85-52(77)34-48(58(83)70-45(53(62)78)31-37-17-8-7-9-18-37)71-55(80)44-22-13-15-30-64-50(75)24-16-23-49(74)63-29-14-12-21-43(68-56(81)46(72-59(84)86-61(4,5)6)32-38-25-27-40(73)28-26-38)54(79)66-36-51(76)67-47(57(82)69-44)33-39-35-65-42-20-11-10-19-41(39)42/h7-11,17-20,25-28,35,43-48,65,73H,12-16,21-24,29-34,36H2,1-6H3,(H2,62,78)(H,63,74)(H,64,75)(H,66,79)(H,67,76)(H,68,81)(H,69,82)(H,70,83)(H,71,80)(H,72,84)/t43-,44-,45-,46-,47-,48-/m0/s1. The molecule has 0 spiro atoms. The fraction of sp³-hybridized carbons (Fsp3) is 0.492. The Morgan fingerprint density at radius 2 is 1.23 bits per heavy atom. The summed E-state index contributed by atoms with van der Waals surface area (Å²) in [6.45, 7) is 9.38. The number of primary amides is 1. The van der Waals surface area contributed by atoms with Crippen molar-refractivity contribution in [2.24, 2.45) is 5.73 Å². The number of phenolic OH excluding ortho intramolecular Hbond substituents is 1. The fourth-order valence-corrected chi connectivity index (χ4v) is 9.24. The first kappa shape index (κ1) is 67.8. The van der Waals surface area contributed by atoms with Gasteiger partial charge in [-0.25, -0.2) is 4.79 Å². The van der Waals surface area contributed by atoms with Crippen molar-refractivity contribution in [3.8, 4) is 5.75 Å². The number of aromatic amines is 1. The number of hydrogen-bond acceptors (Lipinski definition) is 14. The lowest BCUT2D eigenvalue weighted by Crippen LogP contribution is -2.59. The molecular formula is C61H83N11O14. The summed E-state index contributed by atoms with van der Waals surface area (Å²) in [6.07, 6.45) is 1.03. The summed E-state index contributed by atoms with van der Waals surface area (Å²) >= 11 is 0. The van der Waals surface area contributed by atoms with Gasteiger partial charge in [0, 0.05) is 62.3 Å². The van der Waals surface area contributed by atoms with Gasteiger partial charge in [0.25, 0.3) is 0 Å². The van der Waals surface area contributed by atoms with E-state index in [-0.39, 0.29) is 94.9 Å². The Morgan fingerprint density at radius 1 is 0.628 bits per heavy atom. The minimum absolute atomic E-state index is 0.0116. The number of esters is 1. The number of fused-ring (bicyclic) bond motifs is 1. The fourth-order valence-electron chi connectivity index (χ4n) is 9.24. The van der Waals surface area contributed by atoms with Gasteiger partial charge in [-0.15, -0.1) is 0 Å². The molecule has 6 atom stereocenters. The molecule has 1 saturated heterocycles. The third-order valence-electron chi connectivity index (χ3n) is 13.5. The number of nitrogens with two attached hydrogens (primary N) is 1. The summed E-state index contributed by atoms with van der Waals surface area (Å²) in [4.78, 5) is 154. The molecule has 1 aliphatic heterocycles. The number of carbonyl (C=O) groups is 11. The molecule has 1 fully saturated rings. The van der Waals surface area contributed by atoms with Crippen LogP contribution >= 0.6 is 0 Å². The minimum Gasteiger partial charge on any atom is -0.508 e. The van der Waals surface area contributed by atoms with Gasteiger partial charge >= 0.3 is 12.1 Å². The van der Waals surface area contributed by atoms with Gasteiger partial charge in [-0.2, -0.15) is 0 Å². The number of benzene rings is 3. The summed E-state index contributed by atoms with van der Waals surface area (Å²) in [5, 5.41) is 34.6. The highest BCUT2D eigenvalue weighted by molar-refractivity contribution is 5.98. The summed E-state index contributed by atoms with van der Waals surface area (Å²) in [5.74, 6) is -7.71. The van der Waals surface area contributed by atoms with Crippen molar-refractivity contribution in [2.75, 3.05) is 19.6 Å². The lowest BCUT2D eigenvalue weighted by Gasteiger charge is -2.27. The van der Waals surface area contributed by atoms with Crippen molar-refractivity contribution in [2.45, 2.75) is 172 Å². The van der Waals surface area contributed by atoms with Crippen LogP contribution in [0.25, 0.3) is 10.9 Å². The Balaban J connectivity index is 1.45. The van der Waals surface area contributed by atoms with Crippen LogP contribution in [-0.2, 0) is 76.7 Å². The molecule has 86 heavy (non-hydrogen) atoms. The van der Waals surface area contributed by atoms with Gasteiger partial charge in [0.1, 0.15) is 53.2 Å². The Morgan fingerprint density at radius 3 is 1.87 bits per heavy atom. The van der Waals surface area contributed by atoms with E-state index in [1.165, 1.54) is 12.1 Å². The van der Waals surface area contributed by atoms with Crippen LogP contribution < -0.4 is 53.6 Å². The average molecular weight is 1190 g/mol. The van der Waals surface area contributed by atoms with E-state index in [1.807, 2.05) is 6.07 Å². The molecule has 3 aromatic carbocycles. The van der Waals surface area contributed by atoms with Crippen LogP contribution in [0.3, 0.4) is 0 Å². The first-order valence-corrected chi connectivity index (χ1v) is 28.9. The first-order valence-electron chi connectivity index (χ1n) is 28.9. The highest BCUT2D eigenvalue weighted by Gasteiger charge is 2.35. The van der Waals surface area contributed by atoms with Crippen LogP contribution in [-0.4, -0.2) is 142 Å². The number of rotatable bonds is 16. The van der Waals surface area contributed by atoms with Gasteiger partial charge < -0.3 is 73.1 Å². The van der Waals surface area contributed by atoms with Crippen LogP contribution in [0.4, 0.5) is 4.79 Å². The van der Waals surface area contributed by atoms with Gasteiger partial charge in [0.15, 0.2) is 0 Å². The monoisotopic (exact) mass is 1190 g/mol.